The van der Waals surface area contributed by atoms with Crippen LogP contribution in [-0.2, 0) is 16.1 Å². The number of carbonyl (C=O) groups excluding carboxylic acids is 1. The van der Waals surface area contributed by atoms with E-state index in [2.05, 4.69) is 4.98 Å². The van der Waals surface area contributed by atoms with Crippen LogP contribution in [0.4, 0.5) is 0 Å². The zero-order valence-electron chi connectivity index (χ0n) is 13.1. The minimum atomic E-state index is -0.384. The van der Waals surface area contributed by atoms with Crippen molar-refractivity contribution in [2.45, 2.75) is 6.61 Å². The van der Waals surface area contributed by atoms with Crippen LogP contribution in [0, 0.1) is 0 Å². The number of nitrogens with zero attached hydrogens (tertiary/aromatic N) is 1. The molecule has 0 unspecified atom stereocenters. The topological polar surface area (TPSA) is 39.2 Å². The Morgan fingerprint density at radius 2 is 1.58 bits per heavy atom. The molecule has 2 aromatic carbocycles. The summed E-state index contributed by atoms with van der Waals surface area (Å²) in [5.74, 6) is -0.384. The van der Waals surface area contributed by atoms with Gasteiger partial charge in [-0.25, -0.2) is 9.78 Å². The second kappa shape index (κ2) is 7.88. The smallest absolute Gasteiger partial charge is 0.331 e. The van der Waals surface area contributed by atoms with E-state index in [-0.39, 0.29) is 12.6 Å². The fraction of sp³-hybridized carbons (Fsp3) is 0.0476. The summed E-state index contributed by atoms with van der Waals surface area (Å²) in [4.78, 5) is 16.3. The molecule has 0 atom stereocenters. The van der Waals surface area contributed by atoms with Gasteiger partial charge >= 0.3 is 5.97 Å². The lowest BCUT2D eigenvalue weighted by Gasteiger charge is -2.03. The zero-order chi connectivity index (χ0) is 16.6. The first kappa shape index (κ1) is 15.7. The van der Waals surface area contributed by atoms with Crippen LogP contribution in [0.5, 0.6) is 0 Å². The van der Waals surface area contributed by atoms with E-state index in [9.17, 15) is 4.79 Å². The highest BCUT2D eigenvalue weighted by Crippen LogP contribution is 2.16. The van der Waals surface area contributed by atoms with Crippen LogP contribution in [0.1, 0.15) is 11.3 Å². The van der Waals surface area contributed by atoms with Crippen molar-refractivity contribution in [2.75, 3.05) is 0 Å². The molecule has 0 amide bonds. The number of rotatable bonds is 5. The first-order valence-electron chi connectivity index (χ1n) is 7.72. The van der Waals surface area contributed by atoms with E-state index in [1.165, 1.54) is 6.08 Å². The Balaban J connectivity index is 1.63. The average Bonchev–Trinajstić information content (AvgIpc) is 2.66. The zero-order valence-corrected chi connectivity index (χ0v) is 13.1. The van der Waals surface area contributed by atoms with E-state index in [1.807, 2.05) is 78.9 Å². The summed E-state index contributed by atoms with van der Waals surface area (Å²) in [6, 6.07) is 25.2. The largest absolute Gasteiger partial charge is 0.458 e. The van der Waals surface area contributed by atoms with E-state index >= 15 is 0 Å². The summed E-state index contributed by atoms with van der Waals surface area (Å²) >= 11 is 0. The van der Waals surface area contributed by atoms with Crippen LogP contribution in [0.3, 0.4) is 0 Å². The van der Waals surface area contributed by atoms with Gasteiger partial charge in [0.05, 0.1) is 11.4 Å². The maximum Gasteiger partial charge on any atom is 0.331 e. The van der Waals surface area contributed by atoms with Crippen molar-refractivity contribution in [3.63, 3.8) is 0 Å². The van der Waals surface area contributed by atoms with Crippen LogP contribution in [0.15, 0.2) is 84.9 Å². The fourth-order valence-corrected chi connectivity index (χ4v) is 2.24. The van der Waals surface area contributed by atoms with Crippen LogP contribution in [0.2, 0.25) is 0 Å². The number of benzene rings is 2. The first-order chi connectivity index (χ1) is 11.8. The standard InChI is InChI=1S/C21H17NO2/c23-21(24-16-17-8-3-1-4-9-17)15-14-19-12-7-13-20(22-19)18-10-5-2-6-11-18/h1-15H,16H2/b15-14+. The van der Waals surface area contributed by atoms with Crippen LogP contribution in [-0.4, -0.2) is 11.0 Å². The second-order valence-electron chi connectivity index (χ2n) is 5.24. The van der Waals surface area contributed by atoms with Crippen molar-refractivity contribution >= 4 is 12.0 Å². The molecule has 0 fully saturated rings. The molecular weight excluding hydrogens is 298 g/mol. The summed E-state index contributed by atoms with van der Waals surface area (Å²) in [6.45, 7) is 0.265. The van der Waals surface area contributed by atoms with Gasteiger partial charge in [-0.05, 0) is 23.8 Å². The lowest BCUT2D eigenvalue weighted by Crippen LogP contribution is -2.00. The van der Waals surface area contributed by atoms with E-state index in [4.69, 9.17) is 4.74 Å². The lowest BCUT2D eigenvalue weighted by atomic mass is 10.1. The van der Waals surface area contributed by atoms with Gasteiger partial charge in [-0.15, -0.1) is 0 Å². The molecule has 3 heteroatoms. The highest BCUT2D eigenvalue weighted by molar-refractivity contribution is 5.86. The molecular formula is C21H17NO2. The molecule has 0 saturated heterocycles. The normalized spacial score (nSPS) is 10.7. The van der Waals surface area contributed by atoms with Crippen molar-refractivity contribution in [1.82, 2.24) is 4.98 Å². The molecule has 0 spiro atoms. The Morgan fingerprint density at radius 1 is 0.875 bits per heavy atom. The number of ether oxygens (including phenoxy) is 1. The van der Waals surface area contributed by atoms with Gasteiger partial charge in [-0.2, -0.15) is 0 Å². The molecule has 118 valence electrons. The van der Waals surface area contributed by atoms with Crippen molar-refractivity contribution in [1.29, 1.82) is 0 Å². The molecule has 0 N–H and O–H groups in total. The van der Waals surface area contributed by atoms with Gasteiger partial charge < -0.3 is 4.74 Å². The summed E-state index contributed by atoms with van der Waals surface area (Å²) in [6.07, 6.45) is 3.07. The minimum Gasteiger partial charge on any atom is -0.458 e. The molecule has 3 aromatic rings. The molecule has 3 rings (SSSR count). The maximum atomic E-state index is 11.8. The quantitative estimate of drug-likeness (QED) is 0.514. The fourth-order valence-electron chi connectivity index (χ4n) is 2.24. The minimum absolute atomic E-state index is 0.265. The number of aromatic nitrogens is 1. The SMILES string of the molecule is O=C(/C=C/c1cccc(-c2ccccc2)n1)OCc1ccccc1. The molecule has 3 nitrogen and oxygen atoms in total. The Morgan fingerprint density at radius 3 is 2.33 bits per heavy atom. The van der Waals surface area contributed by atoms with Gasteiger partial charge in [-0.3, -0.25) is 0 Å². The van der Waals surface area contributed by atoms with E-state index in [1.54, 1.807) is 6.08 Å². The molecule has 1 heterocycles. The second-order valence-corrected chi connectivity index (χ2v) is 5.24. The van der Waals surface area contributed by atoms with Crippen molar-refractivity contribution in [3.05, 3.63) is 96.2 Å². The van der Waals surface area contributed by atoms with Gasteiger partial charge in [-0.1, -0.05) is 66.7 Å². The number of hydrogen-bond acceptors (Lipinski definition) is 3. The molecule has 0 bridgehead atoms. The average molecular weight is 315 g/mol. The highest BCUT2D eigenvalue weighted by atomic mass is 16.5. The Hall–Kier alpha value is -3.20. The Labute approximate surface area is 141 Å². The summed E-state index contributed by atoms with van der Waals surface area (Å²) in [5, 5.41) is 0. The van der Waals surface area contributed by atoms with E-state index < -0.39 is 0 Å². The van der Waals surface area contributed by atoms with Gasteiger partial charge in [0.2, 0.25) is 0 Å². The molecule has 0 aliphatic carbocycles. The van der Waals surface area contributed by atoms with Crippen LogP contribution < -0.4 is 0 Å². The Bertz CT molecular complexity index is 827. The van der Waals surface area contributed by atoms with Gasteiger partial charge in [0, 0.05) is 11.6 Å². The van der Waals surface area contributed by atoms with Gasteiger partial charge in [0.25, 0.3) is 0 Å². The van der Waals surface area contributed by atoms with Crippen molar-refractivity contribution in [3.8, 4) is 11.3 Å². The van der Waals surface area contributed by atoms with Crippen LogP contribution >= 0.6 is 0 Å². The summed E-state index contributed by atoms with van der Waals surface area (Å²) < 4.78 is 5.21. The predicted molar refractivity (Wildman–Crippen MR) is 94.9 cm³/mol. The van der Waals surface area contributed by atoms with E-state index in [0.29, 0.717) is 5.69 Å². The number of hydrogen-bond donors (Lipinski definition) is 0. The Kier molecular flexibility index (Phi) is 5.15. The number of esters is 1. The third-order valence-electron chi connectivity index (χ3n) is 3.45. The van der Waals surface area contributed by atoms with Gasteiger partial charge in [0.1, 0.15) is 6.61 Å². The van der Waals surface area contributed by atoms with E-state index in [0.717, 1.165) is 16.8 Å². The first-order valence-corrected chi connectivity index (χ1v) is 7.72. The third kappa shape index (κ3) is 4.40. The summed E-state index contributed by atoms with van der Waals surface area (Å²) in [7, 11) is 0. The third-order valence-corrected chi connectivity index (χ3v) is 3.45. The van der Waals surface area contributed by atoms with Crippen molar-refractivity contribution in [2.24, 2.45) is 0 Å². The molecule has 0 saturated carbocycles. The monoisotopic (exact) mass is 315 g/mol. The maximum absolute atomic E-state index is 11.8. The van der Waals surface area contributed by atoms with Crippen molar-refractivity contribution < 1.29 is 9.53 Å². The molecule has 1 aromatic heterocycles. The molecule has 0 aliphatic rings. The predicted octanol–water partition coefficient (Wildman–Crippen LogP) is 4.51. The molecule has 24 heavy (non-hydrogen) atoms. The number of carbonyl (C=O) groups is 1. The lowest BCUT2D eigenvalue weighted by molar-refractivity contribution is -0.138. The highest BCUT2D eigenvalue weighted by Gasteiger charge is 2.01. The van der Waals surface area contributed by atoms with Crippen LogP contribution in [0.25, 0.3) is 17.3 Å². The molecule has 0 radical (unpaired) electrons. The number of pyridine rings is 1. The molecule has 0 aliphatic heterocycles. The van der Waals surface area contributed by atoms with Gasteiger partial charge in [0.15, 0.2) is 0 Å². The summed E-state index contributed by atoms with van der Waals surface area (Å²) in [5.41, 5.74) is 3.59.